The molecule has 0 radical (unpaired) electrons. The molecule has 1 aliphatic rings. The molecule has 1 heterocycles. The quantitative estimate of drug-likeness (QED) is 0.218. The van der Waals surface area contributed by atoms with E-state index in [-0.39, 0.29) is 24.0 Å². The van der Waals surface area contributed by atoms with Gasteiger partial charge in [-0.2, -0.15) is 0 Å². The molecular formula is C22H34IN5O. The fraction of sp³-hybridized carbons (Fsp3) is 0.545. The SMILES string of the molecule is CCNC(=NCCc1nccn1Cc1ccccc1)N(C)CCOCC1CC1.I. The third-order valence-electron chi connectivity index (χ3n) is 4.91. The Hall–Kier alpha value is -1.61. The van der Waals surface area contributed by atoms with Gasteiger partial charge in [0.15, 0.2) is 5.96 Å². The molecule has 6 nitrogen and oxygen atoms in total. The molecule has 0 unspecified atom stereocenters. The largest absolute Gasteiger partial charge is 0.379 e. The number of rotatable bonds is 11. The Kier molecular flexibility index (Phi) is 10.5. The highest BCUT2D eigenvalue weighted by molar-refractivity contribution is 14.0. The van der Waals surface area contributed by atoms with Gasteiger partial charge in [-0.1, -0.05) is 30.3 Å². The van der Waals surface area contributed by atoms with Crippen molar-refractivity contribution in [3.63, 3.8) is 0 Å². The summed E-state index contributed by atoms with van der Waals surface area (Å²) in [6.45, 7) is 7.01. The minimum absolute atomic E-state index is 0. The van der Waals surface area contributed by atoms with Gasteiger partial charge in [0.1, 0.15) is 5.82 Å². The predicted octanol–water partition coefficient (Wildman–Crippen LogP) is 3.42. The number of halogens is 1. The van der Waals surface area contributed by atoms with Gasteiger partial charge in [-0.15, -0.1) is 24.0 Å². The van der Waals surface area contributed by atoms with Crippen LogP contribution in [0, 0.1) is 5.92 Å². The summed E-state index contributed by atoms with van der Waals surface area (Å²) in [4.78, 5) is 11.5. The second-order valence-corrected chi connectivity index (χ2v) is 7.38. The van der Waals surface area contributed by atoms with E-state index in [0.717, 1.165) is 57.0 Å². The molecular weight excluding hydrogens is 477 g/mol. The molecule has 0 saturated heterocycles. The number of guanidine groups is 1. The molecule has 1 aliphatic carbocycles. The van der Waals surface area contributed by atoms with Gasteiger partial charge < -0.3 is 19.5 Å². The highest BCUT2D eigenvalue weighted by Gasteiger charge is 2.21. The molecule has 0 spiro atoms. The van der Waals surface area contributed by atoms with Crippen LogP contribution in [0.1, 0.15) is 31.2 Å². The number of hydrogen-bond acceptors (Lipinski definition) is 3. The third kappa shape index (κ3) is 8.34. The molecule has 1 fully saturated rings. The van der Waals surface area contributed by atoms with Crippen molar-refractivity contribution in [2.75, 3.05) is 39.9 Å². The molecule has 7 heteroatoms. The maximum atomic E-state index is 5.75. The van der Waals surface area contributed by atoms with Crippen molar-refractivity contribution in [3.05, 3.63) is 54.1 Å². The van der Waals surface area contributed by atoms with Gasteiger partial charge in [-0.25, -0.2) is 4.98 Å². The molecule has 1 aromatic carbocycles. The first kappa shape index (κ1) is 23.7. The Morgan fingerprint density at radius 2 is 2.10 bits per heavy atom. The lowest BCUT2D eigenvalue weighted by Crippen LogP contribution is -2.40. The maximum absolute atomic E-state index is 5.75. The number of hydrogen-bond donors (Lipinski definition) is 1. The van der Waals surface area contributed by atoms with Crippen molar-refractivity contribution in [3.8, 4) is 0 Å². The van der Waals surface area contributed by atoms with Crippen LogP contribution in [-0.2, 0) is 17.7 Å². The molecule has 29 heavy (non-hydrogen) atoms. The topological polar surface area (TPSA) is 54.7 Å². The van der Waals surface area contributed by atoms with E-state index in [2.05, 4.69) is 58.0 Å². The Morgan fingerprint density at radius 1 is 1.31 bits per heavy atom. The van der Waals surface area contributed by atoms with Crippen LogP contribution >= 0.6 is 24.0 Å². The van der Waals surface area contributed by atoms with Crippen LogP contribution in [0.3, 0.4) is 0 Å². The zero-order valence-electron chi connectivity index (χ0n) is 17.6. The summed E-state index contributed by atoms with van der Waals surface area (Å²) in [6.07, 6.45) is 7.40. The van der Waals surface area contributed by atoms with Crippen molar-refractivity contribution in [2.24, 2.45) is 10.9 Å². The zero-order chi connectivity index (χ0) is 19.6. The van der Waals surface area contributed by atoms with Gasteiger partial charge in [-0.05, 0) is 31.2 Å². The number of aliphatic imine (C=N–C) groups is 1. The zero-order valence-corrected chi connectivity index (χ0v) is 19.9. The average molecular weight is 511 g/mol. The van der Waals surface area contributed by atoms with Crippen LogP contribution < -0.4 is 5.32 Å². The van der Waals surface area contributed by atoms with Crippen molar-refractivity contribution < 1.29 is 4.74 Å². The number of aromatic nitrogens is 2. The highest BCUT2D eigenvalue weighted by Crippen LogP contribution is 2.28. The third-order valence-corrected chi connectivity index (χ3v) is 4.91. The average Bonchev–Trinajstić information content (AvgIpc) is 3.44. The molecule has 1 aromatic heterocycles. The van der Waals surface area contributed by atoms with E-state index < -0.39 is 0 Å². The van der Waals surface area contributed by atoms with E-state index in [4.69, 9.17) is 9.73 Å². The minimum atomic E-state index is 0. The van der Waals surface area contributed by atoms with Crippen LogP contribution in [0.15, 0.2) is 47.7 Å². The molecule has 0 atom stereocenters. The summed E-state index contributed by atoms with van der Waals surface area (Å²) >= 11 is 0. The Balaban J connectivity index is 0.00000300. The Morgan fingerprint density at radius 3 is 2.83 bits per heavy atom. The molecule has 3 rings (SSSR count). The Bertz CT molecular complexity index is 730. The summed E-state index contributed by atoms with van der Waals surface area (Å²) in [6, 6.07) is 10.5. The van der Waals surface area contributed by atoms with Gasteiger partial charge in [0.25, 0.3) is 0 Å². The van der Waals surface area contributed by atoms with E-state index >= 15 is 0 Å². The van der Waals surface area contributed by atoms with Gasteiger partial charge in [0.2, 0.25) is 0 Å². The summed E-state index contributed by atoms with van der Waals surface area (Å²) < 4.78 is 7.96. The van der Waals surface area contributed by atoms with Crippen LogP contribution in [-0.4, -0.2) is 60.3 Å². The van der Waals surface area contributed by atoms with E-state index in [9.17, 15) is 0 Å². The second kappa shape index (κ2) is 12.8. The summed E-state index contributed by atoms with van der Waals surface area (Å²) in [7, 11) is 2.07. The molecule has 2 aromatic rings. The van der Waals surface area contributed by atoms with E-state index in [0.29, 0.717) is 6.54 Å². The second-order valence-electron chi connectivity index (χ2n) is 7.38. The lowest BCUT2D eigenvalue weighted by molar-refractivity contribution is 0.115. The fourth-order valence-electron chi connectivity index (χ4n) is 3.07. The fourth-order valence-corrected chi connectivity index (χ4v) is 3.07. The number of imidazole rings is 1. The van der Waals surface area contributed by atoms with Crippen LogP contribution in [0.5, 0.6) is 0 Å². The van der Waals surface area contributed by atoms with Crippen molar-refractivity contribution >= 4 is 29.9 Å². The number of likely N-dealkylation sites (N-methyl/N-ethyl adjacent to an activating group) is 1. The minimum Gasteiger partial charge on any atom is -0.379 e. The van der Waals surface area contributed by atoms with Gasteiger partial charge in [0, 0.05) is 58.6 Å². The summed E-state index contributed by atoms with van der Waals surface area (Å²) in [5.41, 5.74) is 1.28. The highest BCUT2D eigenvalue weighted by atomic mass is 127. The number of nitrogens with zero attached hydrogens (tertiary/aromatic N) is 4. The maximum Gasteiger partial charge on any atom is 0.193 e. The molecule has 160 valence electrons. The standard InChI is InChI=1S/C22H33N5O.HI/c1-3-23-22(26(2)15-16-28-18-20-9-10-20)25-12-11-21-24-13-14-27(21)17-19-7-5-4-6-8-19;/h4-8,13-14,20H,3,9-12,15-18H2,1-2H3,(H,23,25);1H. The molecule has 0 amide bonds. The Labute approximate surface area is 191 Å². The first-order chi connectivity index (χ1) is 13.8. The van der Waals surface area contributed by atoms with Crippen molar-refractivity contribution in [1.29, 1.82) is 0 Å². The number of benzene rings is 1. The van der Waals surface area contributed by atoms with E-state index in [1.54, 1.807) is 0 Å². The molecule has 0 bridgehead atoms. The normalized spacial score (nSPS) is 13.8. The molecule has 0 aliphatic heterocycles. The van der Waals surface area contributed by atoms with E-state index in [1.807, 2.05) is 18.5 Å². The smallest absolute Gasteiger partial charge is 0.193 e. The molecule has 1 N–H and O–H groups in total. The van der Waals surface area contributed by atoms with Gasteiger partial charge in [0.05, 0.1) is 6.61 Å². The van der Waals surface area contributed by atoms with Gasteiger partial charge in [-0.3, -0.25) is 4.99 Å². The first-order valence-electron chi connectivity index (χ1n) is 10.4. The van der Waals surface area contributed by atoms with Crippen molar-refractivity contribution in [2.45, 2.75) is 32.7 Å². The van der Waals surface area contributed by atoms with Gasteiger partial charge >= 0.3 is 0 Å². The lowest BCUT2D eigenvalue weighted by atomic mass is 10.2. The number of nitrogens with one attached hydrogen (secondary N) is 1. The van der Waals surface area contributed by atoms with Crippen molar-refractivity contribution in [1.82, 2.24) is 19.8 Å². The van der Waals surface area contributed by atoms with Crippen LogP contribution in [0.25, 0.3) is 0 Å². The van der Waals surface area contributed by atoms with Crippen LogP contribution in [0.4, 0.5) is 0 Å². The predicted molar refractivity (Wildman–Crippen MR) is 129 cm³/mol. The summed E-state index contributed by atoms with van der Waals surface area (Å²) in [5, 5.41) is 3.37. The molecule has 1 saturated carbocycles. The lowest BCUT2D eigenvalue weighted by Gasteiger charge is -2.22. The first-order valence-corrected chi connectivity index (χ1v) is 10.4. The summed E-state index contributed by atoms with van der Waals surface area (Å²) in [5.74, 6) is 2.81. The van der Waals surface area contributed by atoms with Crippen LogP contribution in [0.2, 0.25) is 0 Å². The monoisotopic (exact) mass is 511 g/mol. The van der Waals surface area contributed by atoms with E-state index in [1.165, 1.54) is 18.4 Å². The number of ether oxygens (including phenoxy) is 1.